The van der Waals surface area contributed by atoms with Crippen molar-refractivity contribution in [1.82, 2.24) is 9.38 Å². The first kappa shape index (κ1) is 20.0. The number of carbonyl (C=O) groups excluding carboxylic acids is 1. The number of benzene rings is 2. The van der Waals surface area contributed by atoms with E-state index in [0.717, 1.165) is 6.07 Å². The molecule has 2 aromatic carbocycles. The molecular formula is C20H12F5N3OS. The lowest BCUT2D eigenvalue weighted by Gasteiger charge is -2.11. The molecule has 0 saturated heterocycles. The summed E-state index contributed by atoms with van der Waals surface area (Å²) in [5, 5.41) is 4.06. The van der Waals surface area contributed by atoms with Gasteiger partial charge in [-0.2, -0.15) is 13.2 Å². The third kappa shape index (κ3) is 4.04. The molecule has 30 heavy (non-hydrogen) atoms. The van der Waals surface area contributed by atoms with E-state index in [-0.39, 0.29) is 17.9 Å². The van der Waals surface area contributed by atoms with Crippen molar-refractivity contribution in [3.05, 3.63) is 76.9 Å². The Morgan fingerprint density at radius 1 is 1.10 bits per heavy atom. The van der Waals surface area contributed by atoms with Crippen LogP contribution in [0.2, 0.25) is 0 Å². The first-order valence-electron chi connectivity index (χ1n) is 8.59. The molecule has 4 rings (SSSR count). The van der Waals surface area contributed by atoms with Gasteiger partial charge in [-0.1, -0.05) is 0 Å². The molecule has 2 aromatic heterocycles. The van der Waals surface area contributed by atoms with Crippen molar-refractivity contribution in [2.45, 2.75) is 12.6 Å². The van der Waals surface area contributed by atoms with Crippen molar-refractivity contribution >= 4 is 27.9 Å². The van der Waals surface area contributed by atoms with Crippen LogP contribution in [-0.2, 0) is 17.4 Å². The van der Waals surface area contributed by atoms with Crippen LogP contribution in [0.4, 0.5) is 27.6 Å². The van der Waals surface area contributed by atoms with E-state index in [1.807, 2.05) is 0 Å². The van der Waals surface area contributed by atoms with Gasteiger partial charge in [0.2, 0.25) is 5.91 Å². The highest BCUT2D eigenvalue weighted by Gasteiger charge is 2.34. The number of carbonyl (C=O) groups is 1. The maximum absolute atomic E-state index is 13.4. The number of amides is 1. The fourth-order valence-corrected chi connectivity index (χ4v) is 3.78. The highest BCUT2D eigenvalue weighted by molar-refractivity contribution is 7.15. The summed E-state index contributed by atoms with van der Waals surface area (Å²) < 4.78 is 66.7. The molecule has 1 amide bonds. The zero-order chi connectivity index (χ0) is 21.5. The molecule has 4 aromatic rings. The minimum atomic E-state index is -4.86. The molecule has 154 valence electrons. The van der Waals surface area contributed by atoms with Gasteiger partial charge in [0.25, 0.3) is 0 Å². The van der Waals surface area contributed by atoms with Gasteiger partial charge < -0.3 is 5.32 Å². The van der Waals surface area contributed by atoms with Crippen LogP contribution in [0.1, 0.15) is 11.3 Å². The Hall–Kier alpha value is -3.27. The molecule has 0 saturated carbocycles. The smallest absolute Gasteiger partial charge is 0.326 e. The normalized spacial score (nSPS) is 11.8. The van der Waals surface area contributed by atoms with Crippen molar-refractivity contribution in [3.8, 4) is 11.3 Å². The number of imidazole rings is 1. The summed E-state index contributed by atoms with van der Waals surface area (Å²) in [6.45, 7) is 0. The highest BCUT2D eigenvalue weighted by atomic mass is 32.1. The summed E-state index contributed by atoms with van der Waals surface area (Å²) in [4.78, 5) is 17.4. The lowest BCUT2D eigenvalue weighted by molar-refractivity contribution is -0.140. The molecule has 0 atom stereocenters. The Balaban J connectivity index is 1.53. The lowest BCUT2D eigenvalue weighted by Crippen LogP contribution is -2.16. The summed E-state index contributed by atoms with van der Waals surface area (Å²) in [6, 6.07) is 8.08. The molecule has 0 aliphatic carbocycles. The molecule has 0 aliphatic rings. The molecule has 0 unspecified atom stereocenters. The number of hydrogen-bond donors (Lipinski definition) is 1. The Morgan fingerprint density at radius 3 is 2.53 bits per heavy atom. The number of aromatic nitrogens is 2. The third-order valence-corrected chi connectivity index (χ3v) is 5.21. The molecule has 2 heterocycles. The summed E-state index contributed by atoms with van der Waals surface area (Å²) in [5.41, 5.74) is 0.270. The van der Waals surface area contributed by atoms with Gasteiger partial charge in [0.15, 0.2) is 4.96 Å². The van der Waals surface area contributed by atoms with Gasteiger partial charge >= 0.3 is 6.18 Å². The number of rotatable bonds is 4. The van der Waals surface area contributed by atoms with Crippen LogP contribution >= 0.6 is 11.3 Å². The van der Waals surface area contributed by atoms with E-state index in [0.29, 0.717) is 34.0 Å². The predicted molar refractivity (Wildman–Crippen MR) is 102 cm³/mol. The average Bonchev–Trinajstić information content (AvgIpc) is 3.25. The van der Waals surface area contributed by atoms with E-state index in [2.05, 4.69) is 10.3 Å². The molecular weight excluding hydrogens is 425 g/mol. The van der Waals surface area contributed by atoms with Crippen molar-refractivity contribution in [3.63, 3.8) is 0 Å². The number of nitrogens with one attached hydrogen (secondary N) is 1. The van der Waals surface area contributed by atoms with Gasteiger partial charge in [0.1, 0.15) is 11.6 Å². The molecule has 10 heteroatoms. The van der Waals surface area contributed by atoms with Crippen LogP contribution < -0.4 is 5.32 Å². The van der Waals surface area contributed by atoms with Gasteiger partial charge in [-0.15, -0.1) is 11.3 Å². The van der Waals surface area contributed by atoms with Crippen LogP contribution in [-0.4, -0.2) is 15.3 Å². The SMILES string of the molecule is O=C(Cc1csc2nc(-c3ccc(F)cc3)cn12)Nc1ccc(F)c(C(F)(F)F)c1. The number of halogens is 5. The number of fused-ring (bicyclic) bond motifs is 1. The van der Waals surface area contributed by atoms with Crippen molar-refractivity contribution in [2.75, 3.05) is 5.32 Å². The first-order chi connectivity index (χ1) is 14.2. The average molecular weight is 437 g/mol. The molecule has 0 radical (unpaired) electrons. The minimum absolute atomic E-state index is 0.127. The predicted octanol–water partition coefficient (Wildman–Crippen LogP) is 5.54. The number of nitrogens with zero attached hydrogens (tertiary/aromatic N) is 2. The van der Waals surface area contributed by atoms with E-state index in [4.69, 9.17) is 0 Å². The van der Waals surface area contributed by atoms with Gasteiger partial charge in [-0.05, 0) is 42.5 Å². The van der Waals surface area contributed by atoms with E-state index in [1.54, 1.807) is 28.1 Å². The molecule has 4 nitrogen and oxygen atoms in total. The summed E-state index contributed by atoms with van der Waals surface area (Å²) >= 11 is 1.29. The van der Waals surface area contributed by atoms with E-state index in [9.17, 15) is 26.7 Å². The maximum Gasteiger partial charge on any atom is 0.419 e. The van der Waals surface area contributed by atoms with Crippen LogP contribution in [0.3, 0.4) is 0 Å². The van der Waals surface area contributed by atoms with Gasteiger partial charge in [-0.3, -0.25) is 9.20 Å². The van der Waals surface area contributed by atoms with Gasteiger partial charge in [0.05, 0.1) is 17.7 Å². The van der Waals surface area contributed by atoms with Gasteiger partial charge in [-0.25, -0.2) is 13.8 Å². The van der Waals surface area contributed by atoms with Crippen LogP contribution in [0, 0.1) is 11.6 Å². The minimum Gasteiger partial charge on any atom is -0.326 e. The number of alkyl halides is 3. The summed E-state index contributed by atoms with van der Waals surface area (Å²) in [5.74, 6) is -2.34. The van der Waals surface area contributed by atoms with E-state index >= 15 is 0 Å². The highest BCUT2D eigenvalue weighted by Crippen LogP contribution is 2.33. The van der Waals surface area contributed by atoms with E-state index < -0.39 is 23.5 Å². The van der Waals surface area contributed by atoms with Crippen molar-refractivity contribution in [2.24, 2.45) is 0 Å². The summed E-state index contributed by atoms with van der Waals surface area (Å²) in [7, 11) is 0. The van der Waals surface area contributed by atoms with Crippen molar-refractivity contribution < 1.29 is 26.7 Å². The largest absolute Gasteiger partial charge is 0.419 e. The van der Waals surface area contributed by atoms with Crippen LogP contribution in [0.25, 0.3) is 16.2 Å². The zero-order valence-corrected chi connectivity index (χ0v) is 15.8. The summed E-state index contributed by atoms with van der Waals surface area (Å²) in [6.07, 6.45) is -3.29. The Morgan fingerprint density at radius 2 is 1.83 bits per heavy atom. The Bertz CT molecular complexity index is 1230. The molecule has 1 N–H and O–H groups in total. The molecule has 0 bridgehead atoms. The fraction of sp³-hybridized carbons (Fsp3) is 0.100. The lowest BCUT2D eigenvalue weighted by atomic mass is 10.1. The van der Waals surface area contributed by atoms with Crippen molar-refractivity contribution in [1.29, 1.82) is 0 Å². The monoisotopic (exact) mass is 437 g/mol. The topological polar surface area (TPSA) is 46.4 Å². The van der Waals surface area contributed by atoms with E-state index in [1.165, 1.54) is 23.5 Å². The maximum atomic E-state index is 13.4. The first-order valence-corrected chi connectivity index (χ1v) is 9.46. The standard InChI is InChI=1S/C20H12F5N3OS/c21-12-3-1-11(2-4-12)17-9-28-14(10-30-19(28)27-17)8-18(29)26-13-5-6-16(22)15(7-13)20(23,24)25/h1-7,9-10H,8H2,(H,26,29). The Kier molecular flexibility index (Phi) is 5.02. The zero-order valence-electron chi connectivity index (χ0n) is 15.0. The second-order valence-electron chi connectivity index (χ2n) is 6.43. The Labute approximate surface area is 170 Å². The molecule has 0 fully saturated rings. The number of thiazole rings is 1. The second kappa shape index (κ2) is 7.52. The third-order valence-electron chi connectivity index (χ3n) is 4.32. The fourth-order valence-electron chi connectivity index (χ4n) is 2.91. The molecule has 0 spiro atoms. The number of anilines is 1. The van der Waals surface area contributed by atoms with Crippen LogP contribution in [0.5, 0.6) is 0 Å². The quantitative estimate of drug-likeness (QED) is 0.426. The second-order valence-corrected chi connectivity index (χ2v) is 7.27. The van der Waals surface area contributed by atoms with Gasteiger partial charge in [0, 0.05) is 28.5 Å². The number of hydrogen-bond acceptors (Lipinski definition) is 3. The van der Waals surface area contributed by atoms with Crippen LogP contribution in [0.15, 0.2) is 54.0 Å². The molecule has 0 aliphatic heterocycles.